The second kappa shape index (κ2) is 16.4. The van der Waals surface area contributed by atoms with Gasteiger partial charge in [0.2, 0.25) is 0 Å². The first-order valence-electron chi connectivity index (χ1n) is 11.2. The lowest BCUT2D eigenvalue weighted by atomic mass is 9.99. The highest BCUT2D eigenvalue weighted by Crippen LogP contribution is 2.16. The van der Waals surface area contributed by atoms with E-state index in [9.17, 15) is 0 Å². The Hall–Kier alpha value is -0.0800. The molecule has 0 aromatic rings. The molecule has 1 aliphatic heterocycles. The second-order valence-electron chi connectivity index (χ2n) is 7.95. The van der Waals surface area contributed by atoms with E-state index in [-0.39, 0.29) is 0 Å². The summed E-state index contributed by atoms with van der Waals surface area (Å²) in [4.78, 5) is 0. The van der Waals surface area contributed by atoms with E-state index in [1.54, 1.807) is 0 Å². The van der Waals surface area contributed by atoms with Gasteiger partial charge in [-0.1, -0.05) is 90.9 Å². The summed E-state index contributed by atoms with van der Waals surface area (Å²) in [6.07, 6.45) is 21.0. The molecule has 0 bridgehead atoms. The zero-order chi connectivity index (χ0) is 17.3. The fraction of sp³-hybridized carbons (Fsp3) is 1.00. The van der Waals surface area contributed by atoms with Crippen molar-refractivity contribution in [1.29, 1.82) is 0 Å². The maximum absolute atomic E-state index is 5.52. The fourth-order valence-corrected chi connectivity index (χ4v) is 3.77. The lowest BCUT2D eigenvalue weighted by molar-refractivity contribution is 0.184. The van der Waals surface area contributed by atoms with Gasteiger partial charge in [-0.25, -0.2) is 0 Å². The molecule has 2 nitrogen and oxygen atoms in total. The molecule has 0 amide bonds. The van der Waals surface area contributed by atoms with Crippen molar-refractivity contribution in [3.63, 3.8) is 0 Å². The number of ether oxygens (including phenoxy) is 1. The molecule has 0 aliphatic carbocycles. The third-order valence-electron chi connectivity index (χ3n) is 5.53. The van der Waals surface area contributed by atoms with Crippen molar-refractivity contribution in [3.05, 3.63) is 0 Å². The highest BCUT2D eigenvalue weighted by atomic mass is 16.5. The van der Waals surface area contributed by atoms with Crippen LogP contribution in [0.4, 0.5) is 0 Å². The Bertz CT molecular complexity index is 234. The summed E-state index contributed by atoms with van der Waals surface area (Å²) in [6.45, 7) is 7.73. The van der Waals surface area contributed by atoms with Gasteiger partial charge in [0.05, 0.1) is 6.61 Å². The highest BCUT2D eigenvalue weighted by Gasteiger charge is 2.17. The minimum absolute atomic E-state index is 0.753. The van der Waals surface area contributed by atoms with Gasteiger partial charge in [-0.3, -0.25) is 0 Å². The van der Waals surface area contributed by atoms with Crippen LogP contribution in [0.2, 0.25) is 0 Å². The van der Waals surface area contributed by atoms with E-state index < -0.39 is 0 Å². The van der Waals surface area contributed by atoms with Gasteiger partial charge < -0.3 is 10.1 Å². The molecule has 0 aromatic heterocycles. The molecule has 2 heteroatoms. The smallest absolute Gasteiger partial charge is 0.0507 e. The van der Waals surface area contributed by atoms with Crippen molar-refractivity contribution in [2.75, 3.05) is 19.8 Å². The molecule has 24 heavy (non-hydrogen) atoms. The van der Waals surface area contributed by atoms with E-state index in [1.807, 2.05) is 0 Å². The van der Waals surface area contributed by atoms with Gasteiger partial charge in [-0.2, -0.15) is 0 Å². The molecule has 0 spiro atoms. The van der Waals surface area contributed by atoms with Crippen LogP contribution in [0, 0.1) is 5.92 Å². The van der Waals surface area contributed by atoms with Crippen LogP contribution in [-0.2, 0) is 4.74 Å². The maximum Gasteiger partial charge on any atom is 0.0507 e. The van der Waals surface area contributed by atoms with Crippen molar-refractivity contribution in [3.8, 4) is 0 Å². The first-order chi connectivity index (χ1) is 11.9. The average Bonchev–Trinajstić information content (AvgIpc) is 3.11. The molecule has 0 aromatic carbocycles. The van der Waals surface area contributed by atoms with Gasteiger partial charge in [0.25, 0.3) is 0 Å². The van der Waals surface area contributed by atoms with E-state index in [1.165, 1.54) is 103 Å². The Morgan fingerprint density at radius 1 is 0.792 bits per heavy atom. The lowest BCUT2D eigenvalue weighted by Gasteiger charge is -2.21. The van der Waals surface area contributed by atoms with Crippen molar-refractivity contribution in [1.82, 2.24) is 5.32 Å². The monoisotopic (exact) mass is 339 g/mol. The van der Waals surface area contributed by atoms with Gasteiger partial charge in [0, 0.05) is 19.2 Å². The zero-order valence-corrected chi connectivity index (χ0v) is 16.8. The van der Waals surface area contributed by atoms with Gasteiger partial charge >= 0.3 is 0 Å². The van der Waals surface area contributed by atoms with Crippen LogP contribution in [0.3, 0.4) is 0 Å². The Morgan fingerprint density at radius 3 is 1.83 bits per heavy atom. The molecule has 144 valence electrons. The predicted molar refractivity (Wildman–Crippen MR) is 107 cm³/mol. The summed E-state index contributed by atoms with van der Waals surface area (Å²) in [5.74, 6) is 0.765. The standard InChI is InChI=1S/C22H45NO/c1-3-5-7-9-11-13-15-22(16-14-12-10-8-6-4-2)23-19-21-17-18-24-20-21/h21-23H,3-20H2,1-2H3. The largest absolute Gasteiger partial charge is 0.381 e. The number of hydrogen-bond donors (Lipinski definition) is 1. The average molecular weight is 340 g/mol. The quantitative estimate of drug-likeness (QED) is 0.306. The molecule has 1 heterocycles. The summed E-state index contributed by atoms with van der Waals surface area (Å²) in [6, 6.07) is 0.753. The van der Waals surface area contributed by atoms with Crippen molar-refractivity contribution in [2.45, 2.75) is 116 Å². The molecule has 0 saturated carbocycles. The molecule has 1 unspecified atom stereocenters. The maximum atomic E-state index is 5.52. The molecular formula is C22H45NO. The fourth-order valence-electron chi connectivity index (χ4n) is 3.77. The van der Waals surface area contributed by atoms with Crippen molar-refractivity contribution < 1.29 is 4.74 Å². The first-order valence-corrected chi connectivity index (χ1v) is 11.2. The molecule has 0 radical (unpaired) electrons. The van der Waals surface area contributed by atoms with E-state index in [2.05, 4.69) is 19.2 Å². The van der Waals surface area contributed by atoms with E-state index in [0.29, 0.717) is 0 Å². The first kappa shape index (κ1) is 22.0. The highest BCUT2D eigenvalue weighted by molar-refractivity contribution is 4.73. The van der Waals surface area contributed by atoms with Crippen LogP contribution in [-0.4, -0.2) is 25.8 Å². The molecule has 1 saturated heterocycles. The zero-order valence-electron chi connectivity index (χ0n) is 16.8. The number of unbranched alkanes of at least 4 members (excludes halogenated alkanes) is 10. The SMILES string of the molecule is CCCCCCCCC(CCCCCCCC)NCC1CCOC1. The van der Waals surface area contributed by atoms with Crippen LogP contribution in [0.15, 0.2) is 0 Å². The molecule has 1 aliphatic rings. The number of nitrogens with one attached hydrogen (secondary N) is 1. The summed E-state index contributed by atoms with van der Waals surface area (Å²) >= 11 is 0. The Labute approximate surface area is 152 Å². The second-order valence-corrected chi connectivity index (χ2v) is 7.95. The van der Waals surface area contributed by atoms with Crippen LogP contribution in [0.1, 0.15) is 110 Å². The van der Waals surface area contributed by atoms with Gasteiger partial charge in [-0.05, 0) is 25.2 Å². The van der Waals surface area contributed by atoms with Crippen molar-refractivity contribution in [2.24, 2.45) is 5.92 Å². The molecule has 1 N–H and O–H groups in total. The summed E-state index contributed by atoms with van der Waals surface area (Å²) in [7, 11) is 0. The van der Waals surface area contributed by atoms with Crippen LogP contribution in [0.5, 0.6) is 0 Å². The third kappa shape index (κ3) is 12.3. The molecule has 1 rings (SSSR count). The van der Waals surface area contributed by atoms with Crippen LogP contribution in [0.25, 0.3) is 0 Å². The lowest BCUT2D eigenvalue weighted by Crippen LogP contribution is -2.33. The third-order valence-corrected chi connectivity index (χ3v) is 5.53. The Kier molecular flexibility index (Phi) is 15.0. The van der Waals surface area contributed by atoms with E-state index >= 15 is 0 Å². The minimum Gasteiger partial charge on any atom is -0.381 e. The minimum atomic E-state index is 0.753. The number of rotatable bonds is 17. The van der Waals surface area contributed by atoms with Crippen LogP contribution < -0.4 is 5.32 Å². The summed E-state index contributed by atoms with van der Waals surface area (Å²) < 4.78 is 5.52. The topological polar surface area (TPSA) is 21.3 Å². The van der Waals surface area contributed by atoms with Crippen LogP contribution >= 0.6 is 0 Å². The van der Waals surface area contributed by atoms with Crippen molar-refractivity contribution >= 4 is 0 Å². The van der Waals surface area contributed by atoms with Gasteiger partial charge in [0.15, 0.2) is 0 Å². The molecule has 1 fully saturated rings. The Balaban J connectivity index is 2.11. The van der Waals surface area contributed by atoms with Gasteiger partial charge in [-0.15, -0.1) is 0 Å². The van der Waals surface area contributed by atoms with E-state index in [4.69, 9.17) is 4.74 Å². The predicted octanol–water partition coefficient (Wildman–Crippen LogP) is 6.48. The summed E-state index contributed by atoms with van der Waals surface area (Å²) in [5, 5.41) is 3.89. The van der Waals surface area contributed by atoms with E-state index in [0.717, 1.165) is 25.2 Å². The normalized spacial score (nSPS) is 17.9. The molecular weight excluding hydrogens is 294 g/mol. The summed E-state index contributed by atoms with van der Waals surface area (Å²) in [5.41, 5.74) is 0. The molecule has 1 atom stereocenters. The Morgan fingerprint density at radius 2 is 1.33 bits per heavy atom. The number of hydrogen-bond acceptors (Lipinski definition) is 2. The van der Waals surface area contributed by atoms with Gasteiger partial charge in [0.1, 0.15) is 0 Å².